The Bertz CT molecular complexity index is 1040. The second-order valence-electron chi connectivity index (χ2n) is 5.60. The maximum atomic E-state index is 14.2. The maximum Gasteiger partial charge on any atom is 0.305 e. The van der Waals surface area contributed by atoms with Gasteiger partial charge in [-0.25, -0.2) is 13.8 Å². The number of rotatable bonds is 4. The molecule has 0 aliphatic carbocycles. The summed E-state index contributed by atoms with van der Waals surface area (Å²) in [4.78, 5) is 29.3. The summed E-state index contributed by atoms with van der Waals surface area (Å²) in [7, 11) is 0. The molecule has 0 saturated carbocycles. The van der Waals surface area contributed by atoms with Crippen LogP contribution < -0.4 is 5.56 Å². The summed E-state index contributed by atoms with van der Waals surface area (Å²) < 4.78 is 29.5. The Morgan fingerprint density at radius 1 is 1.28 bits per heavy atom. The molecule has 1 N–H and O–H groups in total. The lowest BCUT2D eigenvalue weighted by Gasteiger charge is -2.13. The smallest absolute Gasteiger partial charge is 0.305 e. The fraction of sp³-hybridized carbons (Fsp3) is 0.235. The molecule has 2 heterocycles. The number of hydrogen-bond donors (Lipinski definition) is 1. The van der Waals surface area contributed by atoms with E-state index in [1.807, 2.05) is 6.92 Å². The van der Waals surface area contributed by atoms with Crippen molar-refractivity contribution in [1.82, 2.24) is 9.55 Å². The highest BCUT2D eigenvalue weighted by atomic mass is 32.1. The average molecular weight is 364 g/mol. The van der Waals surface area contributed by atoms with E-state index in [0.717, 1.165) is 27.1 Å². The molecule has 0 bridgehead atoms. The van der Waals surface area contributed by atoms with Crippen molar-refractivity contribution in [3.8, 4) is 11.4 Å². The van der Waals surface area contributed by atoms with Crippen LogP contribution in [0.5, 0.6) is 0 Å². The zero-order valence-electron chi connectivity index (χ0n) is 13.5. The Morgan fingerprint density at radius 3 is 2.52 bits per heavy atom. The van der Waals surface area contributed by atoms with E-state index in [1.165, 1.54) is 17.4 Å². The molecule has 1 aromatic carbocycles. The fourth-order valence-electron chi connectivity index (χ4n) is 2.64. The van der Waals surface area contributed by atoms with Crippen molar-refractivity contribution in [2.75, 3.05) is 0 Å². The zero-order chi connectivity index (χ0) is 18.3. The molecule has 5 nitrogen and oxygen atoms in total. The Hall–Kier alpha value is -2.61. The molecule has 3 rings (SSSR count). The van der Waals surface area contributed by atoms with E-state index in [2.05, 4.69) is 4.98 Å². The van der Waals surface area contributed by atoms with Gasteiger partial charge in [0.1, 0.15) is 22.3 Å². The Morgan fingerprint density at radius 2 is 1.92 bits per heavy atom. The largest absolute Gasteiger partial charge is 0.481 e. The standard InChI is InChI=1S/C17H14F2N2O3S/c1-8-9(2)25-16-13(8)17(24)21(7-6-12(22)23)15(20-16)14-10(18)4-3-5-11(14)19/h3-5H,6-7H2,1-2H3,(H,22,23). The number of carbonyl (C=O) groups is 1. The lowest BCUT2D eigenvalue weighted by Crippen LogP contribution is -2.25. The third-order valence-electron chi connectivity index (χ3n) is 4.02. The van der Waals surface area contributed by atoms with Crippen LogP contribution in [0.3, 0.4) is 0 Å². The number of aryl methyl sites for hydroxylation is 2. The summed E-state index contributed by atoms with van der Waals surface area (Å²) in [6.07, 6.45) is -0.363. The molecule has 0 aliphatic rings. The lowest BCUT2D eigenvalue weighted by atomic mass is 10.1. The second kappa shape index (κ2) is 6.36. The Balaban J connectivity index is 2.38. The molecule has 0 atom stereocenters. The monoisotopic (exact) mass is 364 g/mol. The molecule has 130 valence electrons. The van der Waals surface area contributed by atoms with Crippen molar-refractivity contribution < 1.29 is 18.7 Å². The molecule has 2 aromatic heterocycles. The van der Waals surface area contributed by atoms with Gasteiger partial charge in [0, 0.05) is 11.4 Å². The summed E-state index contributed by atoms with van der Waals surface area (Å²) in [5.74, 6) is -3.04. The maximum absolute atomic E-state index is 14.2. The van der Waals surface area contributed by atoms with Crippen molar-refractivity contribution in [2.24, 2.45) is 0 Å². The van der Waals surface area contributed by atoms with Crippen LogP contribution in [0.1, 0.15) is 16.9 Å². The van der Waals surface area contributed by atoms with Gasteiger partial charge in [0.15, 0.2) is 0 Å². The van der Waals surface area contributed by atoms with Crippen LogP contribution in [0.2, 0.25) is 0 Å². The molecule has 0 unspecified atom stereocenters. The number of nitrogens with zero attached hydrogens (tertiary/aromatic N) is 2. The molecule has 0 radical (unpaired) electrons. The third-order valence-corrected chi connectivity index (χ3v) is 5.13. The molecular formula is C17H14F2N2O3S. The van der Waals surface area contributed by atoms with E-state index < -0.39 is 28.7 Å². The highest BCUT2D eigenvalue weighted by Gasteiger charge is 2.22. The van der Waals surface area contributed by atoms with Crippen LogP contribution in [0.25, 0.3) is 21.6 Å². The zero-order valence-corrected chi connectivity index (χ0v) is 14.3. The number of benzene rings is 1. The van der Waals surface area contributed by atoms with Crippen LogP contribution in [0.4, 0.5) is 8.78 Å². The van der Waals surface area contributed by atoms with Crippen molar-refractivity contribution in [3.63, 3.8) is 0 Å². The van der Waals surface area contributed by atoms with Crippen LogP contribution in [-0.4, -0.2) is 20.6 Å². The van der Waals surface area contributed by atoms with Gasteiger partial charge in [-0.05, 0) is 31.5 Å². The molecule has 3 aromatic rings. The molecule has 0 saturated heterocycles. The van der Waals surface area contributed by atoms with Crippen LogP contribution in [-0.2, 0) is 11.3 Å². The first-order valence-electron chi connectivity index (χ1n) is 7.48. The van der Waals surface area contributed by atoms with Gasteiger partial charge in [0.05, 0.1) is 17.4 Å². The summed E-state index contributed by atoms with van der Waals surface area (Å²) >= 11 is 1.26. The van der Waals surface area contributed by atoms with Crippen molar-refractivity contribution in [1.29, 1.82) is 0 Å². The summed E-state index contributed by atoms with van der Waals surface area (Å²) in [5, 5.41) is 9.28. The minimum Gasteiger partial charge on any atom is -0.481 e. The number of fused-ring (bicyclic) bond motifs is 1. The van der Waals surface area contributed by atoms with Gasteiger partial charge >= 0.3 is 5.97 Å². The van der Waals surface area contributed by atoms with E-state index in [9.17, 15) is 18.4 Å². The van der Waals surface area contributed by atoms with E-state index in [0.29, 0.717) is 10.2 Å². The summed E-state index contributed by atoms with van der Waals surface area (Å²) in [5.41, 5.74) is -0.191. The average Bonchev–Trinajstić information content (AvgIpc) is 2.81. The third kappa shape index (κ3) is 2.93. The number of aliphatic carboxylic acids is 1. The minimum absolute atomic E-state index is 0.199. The number of halogens is 2. The molecular weight excluding hydrogens is 350 g/mol. The number of carboxylic acid groups (broad SMARTS) is 1. The first-order chi connectivity index (χ1) is 11.8. The first-order valence-corrected chi connectivity index (χ1v) is 8.29. The van der Waals surface area contributed by atoms with Gasteiger partial charge in [0.25, 0.3) is 5.56 Å². The van der Waals surface area contributed by atoms with Crippen molar-refractivity contribution in [2.45, 2.75) is 26.8 Å². The van der Waals surface area contributed by atoms with Gasteiger partial charge in [-0.2, -0.15) is 0 Å². The number of thiophene rings is 1. The molecule has 0 amide bonds. The molecule has 8 heteroatoms. The minimum atomic E-state index is -1.12. The van der Waals surface area contributed by atoms with Gasteiger partial charge in [-0.15, -0.1) is 11.3 Å². The number of aromatic nitrogens is 2. The van der Waals surface area contributed by atoms with E-state index in [-0.39, 0.29) is 18.8 Å². The van der Waals surface area contributed by atoms with Gasteiger partial charge in [0.2, 0.25) is 0 Å². The van der Waals surface area contributed by atoms with Gasteiger partial charge in [-0.1, -0.05) is 6.07 Å². The van der Waals surface area contributed by atoms with E-state index in [4.69, 9.17) is 5.11 Å². The molecule has 0 spiro atoms. The van der Waals surface area contributed by atoms with Gasteiger partial charge in [-0.3, -0.25) is 14.2 Å². The Kier molecular flexibility index (Phi) is 4.38. The Labute approximate surface area is 145 Å². The predicted octanol–water partition coefficient (Wildman–Crippen LogP) is 3.49. The van der Waals surface area contributed by atoms with Crippen LogP contribution in [0.15, 0.2) is 23.0 Å². The highest BCUT2D eigenvalue weighted by Crippen LogP contribution is 2.30. The number of hydrogen-bond acceptors (Lipinski definition) is 4. The SMILES string of the molecule is Cc1sc2nc(-c3c(F)cccc3F)n(CCC(=O)O)c(=O)c2c1C. The second-order valence-corrected chi connectivity index (χ2v) is 6.80. The van der Waals surface area contributed by atoms with E-state index in [1.54, 1.807) is 6.92 Å². The topological polar surface area (TPSA) is 72.2 Å². The van der Waals surface area contributed by atoms with Crippen LogP contribution >= 0.6 is 11.3 Å². The van der Waals surface area contributed by atoms with Crippen LogP contribution in [0, 0.1) is 25.5 Å². The fourth-order valence-corrected chi connectivity index (χ4v) is 3.66. The highest BCUT2D eigenvalue weighted by molar-refractivity contribution is 7.18. The summed E-state index contributed by atoms with van der Waals surface area (Å²) in [6.45, 7) is 3.36. The normalized spacial score (nSPS) is 11.2. The van der Waals surface area contributed by atoms with Gasteiger partial charge < -0.3 is 5.11 Å². The lowest BCUT2D eigenvalue weighted by molar-refractivity contribution is -0.137. The quantitative estimate of drug-likeness (QED) is 0.769. The van der Waals surface area contributed by atoms with Crippen molar-refractivity contribution >= 4 is 27.5 Å². The summed E-state index contributed by atoms with van der Waals surface area (Å²) in [6, 6.07) is 3.36. The predicted molar refractivity (Wildman–Crippen MR) is 91.0 cm³/mol. The molecule has 25 heavy (non-hydrogen) atoms. The molecule has 0 aliphatic heterocycles. The van der Waals surface area contributed by atoms with Crippen molar-refractivity contribution in [3.05, 3.63) is 50.6 Å². The molecule has 0 fully saturated rings. The number of carboxylic acids is 1. The first kappa shape index (κ1) is 17.2. The van der Waals surface area contributed by atoms with E-state index >= 15 is 0 Å².